The Morgan fingerprint density at radius 3 is 2.24 bits per heavy atom. The fourth-order valence-electron chi connectivity index (χ4n) is 1.85. The third kappa shape index (κ3) is 6.02. The Bertz CT molecular complexity index is 807. The van der Waals surface area contributed by atoms with Crippen molar-refractivity contribution >= 4 is 51.2 Å². The molecule has 128 valence electrons. The number of carbonyl (C=O) groups is 2. The number of hydrogen-bond acceptors (Lipinski definition) is 3. The molecular weight excluding hydrogens is 404 g/mol. The molecule has 0 spiro atoms. The van der Waals surface area contributed by atoms with E-state index in [4.69, 9.17) is 5.73 Å². The summed E-state index contributed by atoms with van der Waals surface area (Å²) >= 11 is 7.99. The average molecular weight is 419 g/mol. The Balaban J connectivity index is 2.24. The molecule has 0 saturated carbocycles. The largest absolute Gasteiger partial charge is 0.375 e. The lowest BCUT2D eigenvalue weighted by Crippen LogP contribution is -2.47. The number of carbonyl (C=O) groups excluding carboxylic acids is 2. The van der Waals surface area contributed by atoms with Gasteiger partial charge in [-0.05, 0) is 48.1 Å². The van der Waals surface area contributed by atoms with Gasteiger partial charge in [0.15, 0.2) is 5.11 Å². The molecular formula is C17H15BrN4O2S. The van der Waals surface area contributed by atoms with Gasteiger partial charge in [0.05, 0.1) is 0 Å². The van der Waals surface area contributed by atoms with Crippen molar-refractivity contribution in [1.29, 1.82) is 0 Å². The number of nitrogens with two attached hydrogens (primary N) is 1. The summed E-state index contributed by atoms with van der Waals surface area (Å²) < 4.78 is 0.902. The highest BCUT2D eigenvalue weighted by molar-refractivity contribution is 9.10. The zero-order valence-electron chi connectivity index (χ0n) is 13.0. The number of hydrazine groups is 1. The molecule has 0 saturated heterocycles. The number of benzene rings is 2. The van der Waals surface area contributed by atoms with Gasteiger partial charge in [0.25, 0.3) is 11.8 Å². The van der Waals surface area contributed by atoms with E-state index in [0.29, 0.717) is 5.56 Å². The van der Waals surface area contributed by atoms with Crippen LogP contribution >= 0.6 is 28.1 Å². The van der Waals surface area contributed by atoms with Crippen LogP contribution in [-0.2, 0) is 4.79 Å². The quantitative estimate of drug-likeness (QED) is 0.346. The van der Waals surface area contributed by atoms with Crippen molar-refractivity contribution < 1.29 is 9.59 Å². The van der Waals surface area contributed by atoms with E-state index in [1.54, 1.807) is 48.5 Å². The molecule has 2 aromatic rings. The van der Waals surface area contributed by atoms with Crippen LogP contribution in [0.25, 0.3) is 6.08 Å². The van der Waals surface area contributed by atoms with Crippen LogP contribution in [0.3, 0.4) is 0 Å². The number of hydrogen-bond donors (Lipinski definition) is 4. The van der Waals surface area contributed by atoms with E-state index in [1.807, 2.05) is 12.1 Å². The molecule has 2 rings (SSSR count). The lowest BCUT2D eigenvalue weighted by molar-refractivity contribution is -0.118. The molecule has 0 bridgehead atoms. The van der Waals surface area contributed by atoms with Crippen molar-refractivity contribution in [3.63, 3.8) is 0 Å². The van der Waals surface area contributed by atoms with Gasteiger partial charge in [-0.2, -0.15) is 0 Å². The molecule has 0 aliphatic heterocycles. The summed E-state index contributed by atoms with van der Waals surface area (Å²) in [5, 5.41) is 2.50. The summed E-state index contributed by atoms with van der Waals surface area (Å²) in [4.78, 5) is 24.6. The molecule has 0 fully saturated rings. The highest BCUT2D eigenvalue weighted by Crippen LogP contribution is 2.13. The van der Waals surface area contributed by atoms with Gasteiger partial charge in [0.2, 0.25) is 0 Å². The molecule has 6 nitrogen and oxygen atoms in total. The second kappa shape index (κ2) is 8.95. The van der Waals surface area contributed by atoms with Crippen molar-refractivity contribution in [3.8, 4) is 0 Å². The first-order chi connectivity index (χ1) is 12.0. The summed E-state index contributed by atoms with van der Waals surface area (Å²) in [6.07, 6.45) is 1.55. The van der Waals surface area contributed by atoms with Crippen LogP contribution in [0.15, 0.2) is 64.8 Å². The molecule has 2 amide bonds. The van der Waals surface area contributed by atoms with E-state index < -0.39 is 11.8 Å². The van der Waals surface area contributed by atoms with Crippen molar-refractivity contribution in [2.45, 2.75) is 0 Å². The number of halogens is 1. The minimum absolute atomic E-state index is 0.0416. The second-order valence-corrected chi connectivity index (χ2v) is 6.23. The third-order valence-electron chi connectivity index (χ3n) is 3.01. The number of rotatable bonds is 4. The van der Waals surface area contributed by atoms with Gasteiger partial charge in [0.1, 0.15) is 5.70 Å². The normalized spacial score (nSPS) is 10.7. The summed E-state index contributed by atoms with van der Waals surface area (Å²) in [6, 6.07) is 15.8. The van der Waals surface area contributed by atoms with Gasteiger partial charge >= 0.3 is 0 Å². The molecule has 0 aromatic heterocycles. The first-order valence-electron chi connectivity index (χ1n) is 7.15. The summed E-state index contributed by atoms with van der Waals surface area (Å²) in [5.74, 6) is -0.991. The molecule has 0 heterocycles. The monoisotopic (exact) mass is 418 g/mol. The zero-order chi connectivity index (χ0) is 18.2. The van der Waals surface area contributed by atoms with Gasteiger partial charge in [-0.3, -0.25) is 20.4 Å². The Kier molecular flexibility index (Phi) is 6.67. The van der Waals surface area contributed by atoms with Crippen LogP contribution in [0.1, 0.15) is 15.9 Å². The second-order valence-electron chi connectivity index (χ2n) is 4.87. The smallest absolute Gasteiger partial charge is 0.286 e. The summed E-state index contributed by atoms with van der Waals surface area (Å²) in [6.45, 7) is 0. The molecule has 0 radical (unpaired) electrons. The average Bonchev–Trinajstić information content (AvgIpc) is 2.61. The number of nitrogens with one attached hydrogen (secondary N) is 3. The highest BCUT2D eigenvalue weighted by atomic mass is 79.9. The number of amides is 2. The van der Waals surface area contributed by atoms with Gasteiger partial charge in [-0.25, -0.2) is 0 Å². The van der Waals surface area contributed by atoms with E-state index in [2.05, 4.69) is 44.3 Å². The molecule has 25 heavy (non-hydrogen) atoms. The third-order valence-corrected chi connectivity index (χ3v) is 3.64. The molecule has 0 atom stereocenters. The van der Waals surface area contributed by atoms with Gasteiger partial charge in [0, 0.05) is 10.0 Å². The Labute approximate surface area is 158 Å². The lowest BCUT2D eigenvalue weighted by atomic mass is 10.1. The number of thiocarbonyl (C=S) groups is 1. The van der Waals surface area contributed by atoms with Crippen LogP contribution in [0.4, 0.5) is 0 Å². The Hall–Kier alpha value is -2.71. The maximum Gasteiger partial charge on any atom is 0.286 e. The molecule has 2 aromatic carbocycles. The van der Waals surface area contributed by atoms with Crippen molar-refractivity contribution in [2.24, 2.45) is 5.73 Å². The maximum atomic E-state index is 12.3. The highest BCUT2D eigenvalue weighted by Gasteiger charge is 2.14. The molecule has 5 N–H and O–H groups in total. The minimum atomic E-state index is -0.583. The van der Waals surface area contributed by atoms with Crippen LogP contribution in [-0.4, -0.2) is 16.9 Å². The topological polar surface area (TPSA) is 96.2 Å². The van der Waals surface area contributed by atoms with Crippen LogP contribution in [0.5, 0.6) is 0 Å². The van der Waals surface area contributed by atoms with Crippen LogP contribution < -0.4 is 21.9 Å². The fraction of sp³-hybridized carbons (Fsp3) is 0. The molecule has 0 aliphatic rings. The van der Waals surface area contributed by atoms with Gasteiger partial charge < -0.3 is 11.1 Å². The van der Waals surface area contributed by atoms with Crippen molar-refractivity contribution in [3.05, 3.63) is 75.9 Å². The first-order valence-corrected chi connectivity index (χ1v) is 8.35. The van der Waals surface area contributed by atoms with E-state index in [9.17, 15) is 9.59 Å². The van der Waals surface area contributed by atoms with E-state index in [-0.39, 0.29) is 10.8 Å². The standard InChI is InChI=1S/C17H15BrN4O2S/c18-13-8-6-11(7-9-13)10-14(16(24)21-22-17(19)25)20-15(23)12-4-2-1-3-5-12/h1-10H,(H,20,23)(H,21,24)(H3,19,22,25). The Morgan fingerprint density at radius 2 is 1.64 bits per heavy atom. The SMILES string of the molecule is NC(=S)NNC(=O)C(=Cc1ccc(Br)cc1)NC(=O)c1ccccc1. The molecule has 0 aliphatic carbocycles. The van der Waals surface area contributed by atoms with E-state index >= 15 is 0 Å². The van der Waals surface area contributed by atoms with Crippen molar-refractivity contribution in [1.82, 2.24) is 16.2 Å². The zero-order valence-corrected chi connectivity index (χ0v) is 15.4. The maximum absolute atomic E-state index is 12.3. The van der Waals surface area contributed by atoms with Gasteiger partial charge in [-0.15, -0.1) is 0 Å². The van der Waals surface area contributed by atoms with Crippen LogP contribution in [0.2, 0.25) is 0 Å². The van der Waals surface area contributed by atoms with Crippen molar-refractivity contribution in [2.75, 3.05) is 0 Å². The van der Waals surface area contributed by atoms with E-state index in [0.717, 1.165) is 10.0 Å². The predicted molar refractivity (Wildman–Crippen MR) is 104 cm³/mol. The summed E-state index contributed by atoms with van der Waals surface area (Å²) in [7, 11) is 0. The molecule has 8 heteroatoms. The summed E-state index contributed by atoms with van der Waals surface area (Å²) in [5.41, 5.74) is 11.2. The predicted octanol–water partition coefficient (Wildman–Crippen LogP) is 2.08. The fourth-order valence-corrected chi connectivity index (χ4v) is 2.17. The lowest BCUT2D eigenvalue weighted by Gasteiger charge is -2.12. The van der Waals surface area contributed by atoms with Crippen LogP contribution in [0, 0.1) is 0 Å². The Morgan fingerprint density at radius 1 is 1.00 bits per heavy atom. The molecule has 0 unspecified atom stereocenters. The van der Waals surface area contributed by atoms with E-state index in [1.165, 1.54) is 0 Å². The first kappa shape index (κ1) is 18.6. The minimum Gasteiger partial charge on any atom is -0.375 e. The van der Waals surface area contributed by atoms with Gasteiger partial charge in [-0.1, -0.05) is 46.3 Å².